The third-order valence-corrected chi connectivity index (χ3v) is 1.80. The van der Waals surface area contributed by atoms with Crippen molar-refractivity contribution in [1.82, 2.24) is 0 Å². The standard InChI is InChI=1S/Cu.H4O7P2.Sn/c;1-8(2,3)7-9(4,5)6;/h;(H2,1,2,3)(H2,4,5,6);/q+2;;+4/p-4. The molecule has 0 heterocycles. The molecule has 0 saturated carbocycles. The monoisotopic (exact) mass is 357 g/mol. The van der Waals surface area contributed by atoms with Gasteiger partial charge in [0.15, 0.2) is 0 Å². The average molecular weight is 356 g/mol. The first-order chi connectivity index (χ1) is 3.71. The van der Waals surface area contributed by atoms with E-state index in [2.05, 4.69) is 4.31 Å². The summed E-state index contributed by atoms with van der Waals surface area (Å²) in [6, 6.07) is 0. The van der Waals surface area contributed by atoms with Crippen LogP contribution in [-0.4, -0.2) is 23.9 Å². The summed E-state index contributed by atoms with van der Waals surface area (Å²) in [5, 5.41) is 0. The van der Waals surface area contributed by atoms with Gasteiger partial charge >= 0.3 is 41.0 Å². The molecule has 7 nitrogen and oxygen atoms in total. The molecule has 0 atom stereocenters. The SMILES string of the molecule is O=P([O-])([O-])OP(=O)([O-])[O-].[Cu+2].[Sn+4]. The first-order valence-electron chi connectivity index (χ1n) is 1.46. The number of hydrogen-bond acceptors (Lipinski definition) is 7. The van der Waals surface area contributed by atoms with E-state index in [1.807, 2.05) is 0 Å². The van der Waals surface area contributed by atoms with Crippen LogP contribution in [0.3, 0.4) is 0 Å². The van der Waals surface area contributed by atoms with Crippen molar-refractivity contribution >= 4 is 39.6 Å². The summed E-state index contributed by atoms with van der Waals surface area (Å²) in [4.78, 5) is 37.3. The summed E-state index contributed by atoms with van der Waals surface area (Å²) in [6.07, 6.45) is 0. The van der Waals surface area contributed by atoms with Crippen molar-refractivity contribution in [3.8, 4) is 0 Å². The fourth-order valence-corrected chi connectivity index (χ4v) is 1.10. The van der Waals surface area contributed by atoms with E-state index < -0.39 is 15.6 Å². The average Bonchev–Trinajstić information content (AvgIpc) is 1.14. The van der Waals surface area contributed by atoms with E-state index in [4.69, 9.17) is 0 Å². The largest absolute Gasteiger partial charge is 4.00 e. The van der Waals surface area contributed by atoms with Crippen molar-refractivity contribution in [3.05, 3.63) is 0 Å². The summed E-state index contributed by atoms with van der Waals surface area (Å²) in [5.74, 6) is 0. The van der Waals surface area contributed by atoms with E-state index in [1.54, 1.807) is 0 Å². The second-order valence-electron chi connectivity index (χ2n) is 0.976. The normalized spacial score (nSPS) is 11.3. The van der Waals surface area contributed by atoms with Crippen molar-refractivity contribution in [2.75, 3.05) is 0 Å². The first-order valence-corrected chi connectivity index (χ1v) is 4.38. The molecule has 0 aliphatic heterocycles. The summed E-state index contributed by atoms with van der Waals surface area (Å²) in [5.41, 5.74) is 0. The van der Waals surface area contributed by atoms with Crippen molar-refractivity contribution in [2.45, 2.75) is 0 Å². The molecule has 0 saturated heterocycles. The Morgan fingerprint density at radius 1 is 0.909 bits per heavy atom. The molecule has 0 N–H and O–H groups in total. The Balaban J connectivity index is -0.000000320. The smallest absolute Gasteiger partial charge is 0.790 e. The summed E-state index contributed by atoms with van der Waals surface area (Å²) < 4.78 is 21.2. The second-order valence-corrected chi connectivity index (χ2v) is 3.42. The molecule has 11 heavy (non-hydrogen) atoms. The first kappa shape index (κ1) is 18.4. The Morgan fingerprint density at radius 2 is 1.09 bits per heavy atom. The van der Waals surface area contributed by atoms with Crippen LogP contribution >= 0.6 is 15.6 Å². The topological polar surface area (TPSA) is 136 Å². The molecule has 0 rings (SSSR count). The zero-order valence-corrected chi connectivity index (χ0v) is 10.1. The van der Waals surface area contributed by atoms with Crippen LogP contribution in [0.5, 0.6) is 0 Å². The Hall–Kier alpha value is 1.58. The van der Waals surface area contributed by atoms with Crippen molar-refractivity contribution in [2.24, 2.45) is 0 Å². The van der Waals surface area contributed by atoms with Gasteiger partial charge in [-0.05, 0) is 0 Å². The molecule has 0 spiro atoms. The van der Waals surface area contributed by atoms with E-state index in [0.717, 1.165) is 0 Å². The maximum atomic E-state index is 9.32. The van der Waals surface area contributed by atoms with Crippen LogP contribution in [-0.2, 0) is 30.5 Å². The van der Waals surface area contributed by atoms with Crippen LogP contribution in [0.4, 0.5) is 0 Å². The number of hydrogen-bond donors (Lipinski definition) is 0. The fraction of sp³-hybridized carbons (Fsp3) is 0. The summed E-state index contributed by atoms with van der Waals surface area (Å²) in [6.45, 7) is 0. The van der Waals surface area contributed by atoms with Gasteiger partial charge in [-0.15, -0.1) is 0 Å². The molecule has 0 bridgehead atoms. The minimum Gasteiger partial charge on any atom is -0.790 e. The van der Waals surface area contributed by atoms with Crippen molar-refractivity contribution in [3.63, 3.8) is 0 Å². The van der Waals surface area contributed by atoms with E-state index >= 15 is 0 Å². The van der Waals surface area contributed by atoms with Crippen molar-refractivity contribution in [1.29, 1.82) is 0 Å². The fourth-order valence-electron chi connectivity index (χ4n) is 0.122. The maximum absolute atomic E-state index is 9.32. The zero-order valence-electron chi connectivity index (χ0n) is 4.55. The van der Waals surface area contributed by atoms with Crippen molar-refractivity contribution < 1.29 is 50.1 Å². The van der Waals surface area contributed by atoms with Gasteiger partial charge in [0.25, 0.3) is 0 Å². The van der Waals surface area contributed by atoms with Gasteiger partial charge in [-0.2, -0.15) is 0 Å². The van der Waals surface area contributed by atoms with Crippen LogP contribution < -0.4 is 19.6 Å². The molecule has 11 heteroatoms. The minimum atomic E-state index is -5.68. The van der Waals surface area contributed by atoms with Gasteiger partial charge in [-0.25, -0.2) is 0 Å². The molecule has 0 fully saturated rings. The van der Waals surface area contributed by atoms with Gasteiger partial charge in [0.05, 0.1) is 15.6 Å². The zero-order chi connectivity index (χ0) is 7.71. The van der Waals surface area contributed by atoms with E-state index in [1.165, 1.54) is 0 Å². The molecular formula is CuO7P2Sn+2. The van der Waals surface area contributed by atoms with Gasteiger partial charge in [0, 0.05) is 0 Å². The van der Waals surface area contributed by atoms with E-state index in [9.17, 15) is 28.7 Å². The molecular weight excluding hydrogens is 356 g/mol. The maximum Gasteiger partial charge on any atom is 4.00 e. The Labute approximate surface area is 89.4 Å². The molecule has 0 aliphatic rings. The predicted molar refractivity (Wildman–Crippen MR) is 22.1 cm³/mol. The van der Waals surface area contributed by atoms with E-state index in [0.29, 0.717) is 0 Å². The van der Waals surface area contributed by atoms with Crippen LogP contribution in [0.15, 0.2) is 0 Å². The molecule has 0 aromatic rings. The molecule has 0 unspecified atom stereocenters. The van der Waals surface area contributed by atoms with Crippen LogP contribution in [0.25, 0.3) is 0 Å². The quantitative estimate of drug-likeness (QED) is 0.367. The number of phosphoric acid groups is 2. The Kier molecular flexibility index (Phi) is 10.2. The minimum absolute atomic E-state index is 0. The van der Waals surface area contributed by atoms with Gasteiger partial charge in [0.2, 0.25) is 0 Å². The third kappa shape index (κ3) is 18.5. The van der Waals surface area contributed by atoms with Gasteiger partial charge in [0.1, 0.15) is 0 Å². The summed E-state index contributed by atoms with van der Waals surface area (Å²) >= 11 is 0. The van der Waals surface area contributed by atoms with Gasteiger partial charge in [-0.1, -0.05) is 0 Å². The molecule has 0 aromatic carbocycles. The summed E-state index contributed by atoms with van der Waals surface area (Å²) in [7, 11) is -11.4. The van der Waals surface area contributed by atoms with Crippen LogP contribution in [0.1, 0.15) is 0 Å². The predicted octanol–water partition coefficient (Wildman–Crippen LogP) is -3.72. The molecule has 1 radical (unpaired) electrons. The van der Waals surface area contributed by atoms with Crippen LogP contribution in [0, 0.1) is 0 Å². The third-order valence-electron chi connectivity index (χ3n) is 0.200. The Morgan fingerprint density at radius 3 is 1.09 bits per heavy atom. The van der Waals surface area contributed by atoms with Crippen LogP contribution in [0.2, 0.25) is 0 Å². The van der Waals surface area contributed by atoms with Gasteiger partial charge < -0.3 is 33.0 Å². The number of rotatable bonds is 2. The second kappa shape index (κ2) is 6.10. The van der Waals surface area contributed by atoms with Gasteiger partial charge in [-0.3, -0.25) is 0 Å². The molecule has 0 amide bonds. The van der Waals surface area contributed by atoms with E-state index in [-0.39, 0.29) is 41.0 Å². The molecule has 0 aliphatic carbocycles. The Bertz CT molecular complexity index is 157. The molecule has 0 aromatic heterocycles. The molecule has 65 valence electrons.